The number of ether oxygens (including phenoxy) is 3. The van der Waals surface area contributed by atoms with Crippen molar-refractivity contribution in [1.82, 2.24) is 25.2 Å². The molecule has 1 N–H and O–H groups in total. The van der Waals surface area contributed by atoms with Gasteiger partial charge < -0.3 is 29.3 Å². The van der Waals surface area contributed by atoms with Gasteiger partial charge in [-0.3, -0.25) is 9.78 Å². The molecule has 2 aromatic heterocycles. The highest BCUT2D eigenvalue weighted by molar-refractivity contribution is 5.97. The van der Waals surface area contributed by atoms with Crippen LogP contribution in [0.3, 0.4) is 0 Å². The van der Waals surface area contributed by atoms with Gasteiger partial charge in [0.1, 0.15) is 18.2 Å². The highest BCUT2D eigenvalue weighted by Gasteiger charge is 2.54. The van der Waals surface area contributed by atoms with Crippen molar-refractivity contribution in [1.29, 1.82) is 0 Å². The summed E-state index contributed by atoms with van der Waals surface area (Å²) in [6.45, 7) is 7.27. The number of anilines is 1. The van der Waals surface area contributed by atoms with Crippen molar-refractivity contribution in [3.05, 3.63) is 65.6 Å². The van der Waals surface area contributed by atoms with Crippen LogP contribution < -0.4 is 19.7 Å². The molecule has 1 aromatic carbocycles. The molecule has 0 radical (unpaired) electrons. The maximum absolute atomic E-state index is 15.3. The maximum atomic E-state index is 15.3. The molecule has 2 aliphatic carbocycles. The fourth-order valence-corrected chi connectivity index (χ4v) is 7.22. The molecule has 3 aromatic rings. The van der Waals surface area contributed by atoms with Crippen molar-refractivity contribution in [2.75, 3.05) is 31.6 Å². The number of pyridine rings is 1. The minimum Gasteiger partial charge on any atom is -0.490 e. The first kappa shape index (κ1) is 28.9. The molecule has 7 rings (SSSR count). The van der Waals surface area contributed by atoms with E-state index >= 15 is 4.39 Å². The number of methoxy groups -OCH3 is 1. The molecule has 1 spiro atoms. The van der Waals surface area contributed by atoms with E-state index in [-0.39, 0.29) is 46.9 Å². The Kier molecular flexibility index (Phi) is 7.62. The molecule has 44 heavy (non-hydrogen) atoms. The van der Waals surface area contributed by atoms with Crippen molar-refractivity contribution in [3.63, 3.8) is 0 Å². The predicted octanol–water partition coefficient (Wildman–Crippen LogP) is 4.52. The topological polar surface area (TPSA) is 102 Å². The summed E-state index contributed by atoms with van der Waals surface area (Å²) in [6, 6.07) is 6.41. The molecule has 1 amide bonds. The van der Waals surface area contributed by atoms with E-state index in [4.69, 9.17) is 14.2 Å². The predicted molar refractivity (Wildman–Crippen MR) is 162 cm³/mol. The number of halogens is 1. The Bertz CT molecular complexity index is 1530. The number of hydrogen-bond acceptors (Lipinski definition) is 9. The number of rotatable bonds is 9. The number of benzene rings is 1. The molecule has 1 saturated heterocycles. The van der Waals surface area contributed by atoms with Crippen molar-refractivity contribution in [3.8, 4) is 17.2 Å². The smallest absolute Gasteiger partial charge is 0.258 e. The summed E-state index contributed by atoms with van der Waals surface area (Å²) in [5.74, 6) is 0.876. The first-order valence-corrected chi connectivity index (χ1v) is 15.5. The number of hydrogen-bond donors (Lipinski definition) is 1. The van der Waals surface area contributed by atoms with E-state index in [9.17, 15) is 4.79 Å². The number of nitrogens with zero attached hydrogens (tertiary/aromatic N) is 5. The van der Waals surface area contributed by atoms with E-state index in [0.717, 1.165) is 69.7 Å². The van der Waals surface area contributed by atoms with Crippen LogP contribution in [0.4, 0.5) is 10.2 Å². The van der Waals surface area contributed by atoms with Gasteiger partial charge in [0.05, 0.1) is 17.9 Å². The van der Waals surface area contributed by atoms with Crippen molar-refractivity contribution in [2.24, 2.45) is 5.41 Å². The normalized spacial score (nSPS) is 22.1. The third-order valence-electron chi connectivity index (χ3n) is 9.57. The molecule has 0 bridgehead atoms. The zero-order chi connectivity index (χ0) is 30.4. The Labute approximate surface area is 256 Å². The van der Waals surface area contributed by atoms with E-state index in [1.807, 2.05) is 31.0 Å². The van der Waals surface area contributed by atoms with Crippen LogP contribution in [0, 0.1) is 11.2 Å². The molecule has 0 atom stereocenters. The molecule has 4 aliphatic rings. The number of amides is 1. The van der Waals surface area contributed by atoms with Gasteiger partial charge in [-0.1, -0.05) is 6.07 Å². The molecule has 0 unspecified atom stereocenters. The van der Waals surface area contributed by atoms with Gasteiger partial charge in [-0.05, 0) is 57.7 Å². The lowest BCUT2D eigenvalue weighted by Crippen LogP contribution is -2.65. The summed E-state index contributed by atoms with van der Waals surface area (Å²) < 4.78 is 33.3. The maximum Gasteiger partial charge on any atom is 0.258 e. The van der Waals surface area contributed by atoms with Gasteiger partial charge in [0.2, 0.25) is 0 Å². The fraction of sp³-hybridized carbons (Fsp3) is 0.515. The van der Waals surface area contributed by atoms with E-state index in [0.29, 0.717) is 11.6 Å². The summed E-state index contributed by atoms with van der Waals surface area (Å²) in [5, 5.41) is 3.41. The lowest BCUT2D eigenvalue weighted by atomic mass is 9.61. The Morgan fingerprint density at radius 3 is 2.73 bits per heavy atom. The average molecular weight is 603 g/mol. The minimum atomic E-state index is -0.606. The summed E-state index contributed by atoms with van der Waals surface area (Å²) in [7, 11) is 1.68. The van der Waals surface area contributed by atoms with Crippen molar-refractivity contribution >= 4 is 11.7 Å². The number of carbonyl (C=O) groups excluding carboxylic acids is 1. The summed E-state index contributed by atoms with van der Waals surface area (Å²) >= 11 is 0. The molecule has 11 heteroatoms. The Balaban J connectivity index is 1.03. The summed E-state index contributed by atoms with van der Waals surface area (Å²) in [4.78, 5) is 30.9. The van der Waals surface area contributed by atoms with E-state index in [1.54, 1.807) is 19.2 Å². The van der Waals surface area contributed by atoms with Crippen LogP contribution in [0.25, 0.3) is 0 Å². The van der Waals surface area contributed by atoms with Gasteiger partial charge in [-0.25, -0.2) is 14.4 Å². The van der Waals surface area contributed by atoms with Crippen LogP contribution in [-0.2, 0) is 17.7 Å². The van der Waals surface area contributed by atoms with Gasteiger partial charge >= 0.3 is 0 Å². The molecule has 2 saturated carbocycles. The quantitative estimate of drug-likeness (QED) is 0.379. The molecule has 2 aliphatic heterocycles. The summed E-state index contributed by atoms with van der Waals surface area (Å²) in [6.07, 6.45) is 9.50. The van der Waals surface area contributed by atoms with Crippen molar-refractivity contribution < 1.29 is 23.4 Å². The molecule has 10 nitrogen and oxygen atoms in total. The standard InChI is InChI=1S/C33H39FN6O4/c1-20(2)40(21-11-22(12-21)42-3)32(41)24-5-4-6-26(34)30(24)44-29-16-36-19-38-31(29)39-17-33(18-39)13-23(14-33)43-28-8-10-37-27-7-9-35-15-25(27)28/h4-6,8,10,16,19-23,35H,7,9,11-15,17-18H2,1-3H3. The van der Waals surface area contributed by atoms with Gasteiger partial charge in [0, 0.05) is 74.7 Å². The highest BCUT2D eigenvalue weighted by Crippen LogP contribution is 2.52. The number of para-hydroxylation sites is 1. The lowest BCUT2D eigenvalue weighted by Gasteiger charge is -2.59. The largest absolute Gasteiger partial charge is 0.490 e. The zero-order valence-electron chi connectivity index (χ0n) is 25.5. The zero-order valence-corrected chi connectivity index (χ0v) is 25.5. The third kappa shape index (κ3) is 5.26. The van der Waals surface area contributed by atoms with E-state index < -0.39 is 5.82 Å². The van der Waals surface area contributed by atoms with Gasteiger partial charge in [0.25, 0.3) is 5.91 Å². The molecule has 232 valence electrons. The number of fused-ring (bicyclic) bond motifs is 1. The van der Waals surface area contributed by atoms with Crippen LogP contribution in [0.1, 0.15) is 61.1 Å². The first-order valence-electron chi connectivity index (χ1n) is 15.5. The second-order valence-electron chi connectivity index (χ2n) is 12.9. The highest BCUT2D eigenvalue weighted by atomic mass is 19.1. The van der Waals surface area contributed by atoms with Crippen LogP contribution in [-0.4, -0.2) is 76.8 Å². The van der Waals surface area contributed by atoms with Crippen LogP contribution in [0.5, 0.6) is 17.2 Å². The van der Waals surface area contributed by atoms with E-state index in [2.05, 4.69) is 25.2 Å². The van der Waals surface area contributed by atoms with Gasteiger partial charge in [-0.15, -0.1) is 0 Å². The summed E-state index contributed by atoms with van der Waals surface area (Å²) in [5.41, 5.74) is 2.63. The Morgan fingerprint density at radius 1 is 1.14 bits per heavy atom. The average Bonchev–Trinajstić information content (AvgIpc) is 2.96. The molecular weight excluding hydrogens is 563 g/mol. The van der Waals surface area contributed by atoms with Crippen LogP contribution in [0.2, 0.25) is 0 Å². The third-order valence-corrected chi connectivity index (χ3v) is 9.57. The molecule has 3 fully saturated rings. The number of carbonyl (C=O) groups is 1. The van der Waals surface area contributed by atoms with Gasteiger partial charge in [-0.2, -0.15) is 0 Å². The Morgan fingerprint density at radius 2 is 1.95 bits per heavy atom. The van der Waals surface area contributed by atoms with Gasteiger partial charge in [0.15, 0.2) is 23.1 Å². The van der Waals surface area contributed by atoms with Crippen LogP contribution in [0.15, 0.2) is 43.0 Å². The lowest BCUT2D eigenvalue weighted by molar-refractivity contribution is -0.0350. The van der Waals surface area contributed by atoms with E-state index in [1.165, 1.54) is 24.2 Å². The molecule has 4 heterocycles. The minimum absolute atomic E-state index is 0.0346. The number of nitrogens with one attached hydrogen (secondary N) is 1. The second-order valence-corrected chi connectivity index (χ2v) is 12.9. The van der Waals surface area contributed by atoms with Crippen molar-refractivity contribution in [2.45, 2.75) is 76.8 Å². The number of aromatic nitrogens is 3. The Hall–Kier alpha value is -3.83. The monoisotopic (exact) mass is 602 g/mol. The SMILES string of the molecule is COC1CC(N(C(=O)c2cccc(F)c2Oc2cncnc2N2CC3(CC(Oc4ccnc5c4CNCC5)C3)C2)C(C)C)C1. The molecular formula is C33H39FN6O4. The second kappa shape index (κ2) is 11.6. The van der Waals surface area contributed by atoms with Crippen LogP contribution >= 0.6 is 0 Å². The first-order chi connectivity index (χ1) is 21.3. The fourth-order valence-electron chi connectivity index (χ4n) is 7.22.